The molecule has 9 aromatic rings. The molecule has 0 atom stereocenters. The van der Waals surface area contributed by atoms with Crippen molar-refractivity contribution in [1.82, 2.24) is 15.0 Å². The number of pyridine rings is 1. The van der Waals surface area contributed by atoms with Crippen molar-refractivity contribution in [2.24, 2.45) is 0 Å². The first-order valence-electron chi connectivity index (χ1n) is 20.2. The lowest BCUT2D eigenvalue weighted by molar-refractivity contribution is 0.660. The minimum Gasteiger partial charge on any atom is -0.264 e. The first-order chi connectivity index (χ1) is 28.3. The predicted octanol–water partition coefficient (Wildman–Crippen LogP) is 14.0. The molecule has 0 bridgehead atoms. The lowest BCUT2D eigenvalue weighted by atomic mass is 9.80. The van der Waals surface area contributed by atoms with Crippen LogP contribution in [0.5, 0.6) is 0 Å². The molecule has 0 saturated heterocycles. The Hall–Kier alpha value is -6.97. The molecule has 0 radical (unpaired) electrons. The van der Waals surface area contributed by atoms with Crippen molar-refractivity contribution in [3.63, 3.8) is 0 Å². The van der Waals surface area contributed by atoms with E-state index in [-0.39, 0.29) is 10.8 Å². The summed E-state index contributed by atoms with van der Waals surface area (Å²) in [5.41, 5.74) is 22.8. The predicted molar refractivity (Wildman–Crippen MR) is 240 cm³/mol. The van der Waals surface area contributed by atoms with Gasteiger partial charge in [-0.1, -0.05) is 161 Å². The van der Waals surface area contributed by atoms with Gasteiger partial charge in [0.25, 0.3) is 0 Å². The van der Waals surface area contributed by atoms with Crippen molar-refractivity contribution in [3.8, 4) is 78.1 Å². The summed E-state index contributed by atoms with van der Waals surface area (Å²) < 4.78 is 0. The molecule has 2 aromatic heterocycles. The summed E-state index contributed by atoms with van der Waals surface area (Å²) in [7, 11) is 0. The van der Waals surface area contributed by atoms with Crippen LogP contribution < -0.4 is 0 Å². The third kappa shape index (κ3) is 5.23. The number of aromatic nitrogens is 3. The van der Waals surface area contributed by atoms with Crippen LogP contribution in [0, 0.1) is 0 Å². The SMILES string of the molecule is CC1(C)c2ccccc2-c2ccc(-c3cc4nc(-c5ccccc5)c(-c5ccc(-c6cccnc6)cc5)nc4cc3-c3ccc4c(c3)C(C)(C)c3ccccc3-4)cc21. The Morgan fingerprint density at radius 3 is 1.28 bits per heavy atom. The Morgan fingerprint density at radius 1 is 0.328 bits per heavy atom. The molecule has 0 amide bonds. The Balaban J connectivity index is 1.14. The highest BCUT2D eigenvalue weighted by atomic mass is 14.8. The largest absolute Gasteiger partial charge is 0.264 e. The van der Waals surface area contributed by atoms with Crippen LogP contribution in [0.1, 0.15) is 49.9 Å². The van der Waals surface area contributed by atoms with Crippen molar-refractivity contribution in [1.29, 1.82) is 0 Å². The minimum absolute atomic E-state index is 0.121. The molecular weight excluding hydrogens is 703 g/mol. The van der Waals surface area contributed by atoms with Crippen LogP contribution in [0.3, 0.4) is 0 Å². The molecule has 2 aliphatic rings. The van der Waals surface area contributed by atoms with Crippen molar-refractivity contribution in [3.05, 3.63) is 198 Å². The molecule has 0 spiro atoms. The normalized spacial score (nSPS) is 14.1. The maximum absolute atomic E-state index is 5.51. The molecule has 276 valence electrons. The van der Waals surface area contributed by atoms with Gasteiger partial charge >= 0.3 is 0 Å². The maximum atomic E-state index is 5.51. The summed E-state index contributed by atoms with van der Waals surface area (Å²) in [6, 6.07) is 59.5. The summed E-state index contributed by atoms with van der Waals surface area (Å²) in [5.74, 6) is 0. The van der Waals surface area contributed by atoms with E-state index in [0.29, 0.717) is 0 Å². The highest BCUT2D eigenvalue weighted by Gasteiger charge is 2.37. The molecule has 58 heavy (non-hydrogen) atoms. The number of hydrogen-bond donors (Lipinski definition) is 0. The van der Waals surface area contributed by atoms with E-state index in [4.69, 9.17) is 9.97 Å². The summed E-state index contributed by atoms with van der Waals surface area (Å²) in [5, 5.41) is 0. The molecule has 3 heteroatoms. The molecule has 0 N–H and O–H groups in total. The van der Waals surface area contributed by atoms with Crippen LogP contribution in [0.15, 0.2) is 176 Å². The Bertz CT molecular complexity index is 3090. The van der Waals surface area contributed by atoms with E-state index in [1.54, 1.807) is 6.20 Å². The smallest absolute Gasteiger partial charge is 0.0973 e. The van der Waals surface area contributed by atoms with E-state index in [2.05, 4.69) is 190 Å². The molecular formula is C55H41N3. The monoisotopic (exact) mass is 743 g/mol. The van der Waals surface area contributed by atoms with Crippen LogP contribution in [-0.4, -0.2) is 15.0 Å². The molecule has 2 heterocycles. The van der Waals surface area contributed by atoms with Crippen LogP contribution >= 0.6 is 0 Å². The average molecular weight is 744 g/mol. The lowest BCUT2D eigenvalue weighted by Crippen LogP contribution is -2.15. The van der Waals surface area contributed by atoms with Gasteiger partial charge in [0.05, 0.1) is 22.4 Å². The van der Waals surface area contributed by atoms with Crippen molar-refractivity contribution in [2.75, 3.05) is 0 Å². The third-order valence-corrected chi connectivity index (χ3v) is 12.8. The lowest BCUT2D eigenvalue weighted by Gasteiger charge is -2.23. The second kappa shape index (κ2) is 12.8. The number of nitrogens with zero attached hydrogens (tertiary/aromatic N) is 3. The number of fused-ring (bicyclic) bond motifs is 7. The van der Waals surface area contributed by atoms with E-state index in [0.717, 1.165) is 55.8 Å². The zero-order valence-corrected chi connectivity index (χ0v) is 33.1. The van der Waals surface area contributed by atoms with Crippen LogP contribution in [0.25, 0.3) is 89.2 Å². The standard InChI is InChI=1S/C55H41N3/c1-54(2)46-18-10-8-16-40(46)42-26-24-37(29-48(42)54)44-31-50-51(32-45(44)38-25-27-43-41-17-9-11-19-47(41)55(3,4)49(43)30-38)58-53(52(57-50)35-13-6-5-7-14-35)36-22-20-34(21-23-36)39-15-12-28-56-33-39/h5-33H,1-4H3. The Labute approximate surface area is 339 Å². The summed E-state index contributed by atoms with van der Waals surface area (Å²) in [6.45, 7) is 9.41. The van der Waals surface area contributed by atoms with Gasteiger partial charge in [0.2, 0.25) is 0 Å². The van der Waals surface area contributed by atoms with Crippen molar-refractivity contribution >= 4 is 11.0 Å². The Morgan fingerprint density at radius 2 is 0.759 bits per heavy atom. The highest BCUT2D eigenvalue weighted by Crippen LogP contribution is 2.52. The topological polar surface area (TPSA) is 38.7 Å². The summed E-state index contributed by atoms with van der Waals surface area (Å²) in [4.78, 5) is 15.3. The molecule has 0 fully saturated rings. The summed E-state index contributed by atoms with van der Waals surface area (Å²) in [6.07, 6.45) is 3.71. The van der Waals surface area contributed by atoms with E-state index < -0.39 is 0 Å². The molecule has 7 aromatic carbocycles. The highest BCUT2D eigenvalue weighted by molar-refractivity contribution is 5.98. The molecule has 11 rings (SSSR count). The quantitative estimate of drug-likeness (QED) is 0.176. The molecule has 0 aliphatic heterocycles. The van der Waals surface area contributed by atoms with E-state index in [1.165, 1.54) is 55.6 Å². The van der Waals surface area contributed by atoms with Gasteiger partial charge in [-0.05, 0) is 108 Å². The van der Waals surface area contributed by atoms with E-state index in [1.807, 2.05) is 12.3 Å². The van der Waals surface area contributed by atoms with Crippen LogP contribution in [0.2, 0.25) is 0 Å². The van der Waals surface area contributed by atoms with E-state index in [9.17, 15) is 0 Å². The zero-order chi connectivity index (χ0) is 39.2. The van der Waals surface area contributed by atoms with Crippen molar-refractivity contribution < 1.29 is 0 Å². The summed E-state index contributed by atoms with van der Waals surface area (Å²) >= 11 is 0. The van der Waals surface area contributed by atoms with Gasteiger partial charge < -0.3 is 0 Å². The molecule has 3 nitrogen and oxygen atoms in total. The third-order valence-electron chi connectivity index (χ3n) is 12.8. The van der Waals surface area contributed by atoms with Crippen LogP contribution in [-0.2, 0) is 10.8 Å². The first kappa shape index (κ1) is 34.3. The van der Waals surface area contributed by atoms with Gasteiger partial charge in [0.15, 0.2) is 0 Å². The van der Waals surface area contributed by atoms with Gasteiger partial charge in [-0.2, -0.15) is 0 Å². The first-order valence-corrected chi connectivity index (χ1v) is 20.2. The fraction of sp³-hybridized carbons (Fsp3) is 0.109. The van der Waals surface area contributed by atoms with Gasteiger partial charge in [-0.3, -0.25) is 4.98 Å². The fourth-order valence-electron chi connectivity index (χ4n) is 9.68. The number of hydrogen-bond acceptors (Lipinski definition) is 3. The second-order valence-corrected chi connectivity index (χ2v) is 16.9. The average Bonchev–Trinajstić information content (AvgIpc) is 3.65. The zero-order valence-electron chi connectivity index (χ0n) is 33.1. The van der Waals surface area contributed by atoms with Crippen LogP contribution in [0.4, 0.5) is 0 Å². The molecule has 0 unspecified atom stereocenters. The van der Waals surface area contributed by atoms with Gasteiger partial charge in [-0.25, -0.2) is 9.97 Å². The fourth-order valence-corrected chi connectivity index (χ4v) is 9.68. The molecule has 0 saturated carbocycles. The van der Waals surface area contributed by atoms with E-state index >= 15 is 0 Å². The number of benzene rings is 7. The minimum atomic E-state index is -0.123. The maximum Gasteiger partial charge on any atom is 0.0973 e. The second-order valence-electron chi connectivity index (χ2n) is 16.9. The Kier molecular flexibility index (Phi) is 7.55. The van der Waals surface area contributed by atoms with Crippen molar-refractivity contribution in [2.45, 2.75) is 38.5 Å². The molecule has 2 aliphatic carbocycles. The van der Waals surface area contributed by atoms with Gasteiger partial charge in [-0.15, -0.1) is 0 Å². The van der Waals surface area contributed by atoms with Gasteiger partial charge in [0, 0.05) is 34.4 Å². The van der Waals surface area contributed by atoms with Gasteiger partial charge in [0.1, 0.15) is 0 Å². The number of rotatable bonds is 5.